The zero-order valence-electron chi connectivity index (χ0n) is 11.8. The zero-order chi connectivity index (χ0) is 12.4. The molecular formula is C14H30O2. The van der Waals surface area contributed by atoms with E-state index in [0.717, 1.165) is 39.1 Å². The van der Waals surface area contributed by atoms with Gasteiger partial charge in [-0.1, -0.05) is 34.1 Å². The van der Waals surface area contributed by atoms with Gasteiger partial charge in [0.25, 0.3) is 0 Å². The molecular weight excluding hydrogens is 200 g/mol. The lowest BCUT2D eigenvalue weighted by Gasteiger charge is -2.33. The second-order valence-electron chi connectivity index (χ2n) is 5.04. The Kier molecular flexibility index (Phi) is 8.96. The van der Waals surface area contributed by atoms with E-state index in [9.17, 15) is 0 Å². The Hall–Kier alpha value is -0.0800. The van der Waals surface area contributed by atoms with Crippen LogP contribution in [0.15, 0.2) is 0 Å². The van der Waals surface area contributed by atoms with E-state index in [1.807, 2.05) is 0 Å². The smallest absolute Gasteiger partial charge is 0.0647 e. The van der Waals surface area contributed by atoms with Gasteiger partial charge in [-0.3, -0.25) is 0 Å². The van der Waals surface area contributed by atoms with Crippen LogP contribution in [0.1, 0.15) is 60.3 Å². The molecule has 1 atom stereocenters. The molecule has 0 aromatic heterocycles. The van der Waals surface area contributed by atoms with Crippen molar-refractivity contribution in [3.63, 3.8) is 0 Å². The molecule has 0 bridgehead atoms. The fourth-order valence-corrected chi connectivity index (χ4v) is 1.67. The third-order valence-electron chi connectivity index (χ3n) is 3.32. The van der Waals surface area contributed by atoms with Gasteiger partial charge in [0.1, 0.15) is 0 Å². The summed E-state index contributed by atoms with van der Waals surface area (Å²) in [4.78, 5) is 0. The summed E-state index contributed by atoms with van der Waals surface area (Å²) in [6, 6.07) is 0. The molecule has 0 saturated heterocycles. The van der Waals surface area contributed by atoms with Crippen LogP contribution in [0.3, 0.4) is 0 Å². The van der Waals surface area contributed by atoms with Gasteiger partial charge in [-0.2, -0.15) is 0 Å². The van der Waals surface area contributed by atoms with Crippen LogP contribution in [0.2, 0.25) is 0 Å². The monoisotopic (exact) mass is 230 g/mol. The highest BCUT2D eigenvalue weighted by Crippen LogP contribution is 2.29. The van der Waals surface area contributed by atoms with Crippen molar-refractivity contribution < 1.29 is 9.47 Å². The van der Waals surface area contributed by atoms with E-state index in [1.54, 1.807) is 0 Å². The van der Waals surface area contributed by atoms with Crippen LogP contribution >= 0.6 is 0 Å². The molecule has 2 heteroatoms. The number of rotatable bonds is 10. The van der Waals surface area contributed by atoms with Crippen molar-refractivity contribution >= 4 is 0 Å². The highest BCUT2D eigenvalue weighted by Gasteiger charge is 2.27. The van der Waals surface area contributed by atoms with Crippen LogP contribution in [0.5, 0.6) is 0 Å². The maximum absolute atomic E-state index is 5.82. The molecule has 1 unspecified atom stereocenters. The van der Waals surface area contributed by atoms with E-state index in [4.69, 9.17) is 9.47 Å². The molecule has 0 radical (unpaired) electrons. The van der Waals surface area contributed by atoms with Crippen LogP contribution in [0.25, 0.3) is 0 Å². The Morgan fingerprint density at radius 1 is 1.06 bits per heavy atom. The second-order valence-corrected chi connectivity index (χ2v) is 5.04. The van der Waals surface area contributed by atoms with E-state index < -0.39 is 0 Å². The van der Waals surface area contributed by atoms with E-state index in [0.29, 0.717) is 6.10 Å². The fourth-order valence-electron chi connectivity index (χ4n) is 1.67. The number of hydrogen-bond acceptors (Lipinski definition) is 2. The molecule has 0 amide bonds. The minimum Gasteiger partial charge on any atom is -0.381 e. The second kappa shape index (κ2) is 9.00. The summed E-state index contributed by atoms with van der Waals surface area (Å²) in [5, 5.41) is 0. The van der Waals surface area contributed by atoms with Gasteiger partial charge in [0.15, 0.2) is 0 Å². The molecule has 0 rings (SSSR count). The first-order valence-corrected chi connectivity index (χ1v) is 6.77. The highest BCUT2D eigenvalue weighted by atomic mass is 16.5. The van der Waals surface area contributed by atoms with E-state index in [-0.39, 0.29) is 5.41 Å². The summed E-state index contributed by atoms with van der Waals surface area (Å²) in [6.07, 6.45) is 4.85. The van der Waals surface area contributed by atoms with E-state index >= 15 is 0 Å². The SMILES string of the molecule is CCCCOCCC(OCC)C(C)(C)CC. The predicted molar refractivity (Wildman–Crippen MR) is 69.8 cm³/mol. The molecule has 0 spiro atoms. The maximum Gasteiger partial charge on any atom is 0.0647 e. The van der Waals surface area contributed by atoms with Crippen molar-refractivity contribution in [2.24, 2.45) is 5.41 Å². The highest BCUT2D eigenvalue weighted by molar-refractivity contribution is 4.77. The Morgan fingerprint density at radius 2 is 1.75 bits per heavy atom. The maximum atomic E-state index is 5.82. The van der Waals surface area contributed by atoms with Crippen LogP contribution in [-0.4, -0.2) is 25.9 Å². The van der Waals surface area contributed by atoms with Gasteiger partial charge >= 0.3 is 0 Å². The van der Waals surface area contributed by atoms with Gasteiger partial charge in [-0.25, -0.2) is 0 Å². The van der Waals surface area contributed by atoms with Gasteiger partial charge in [-0.15, -0.1) is 0 Å². The Balaban J connectivity index is 3.85. The van der Waals surface area contributed by atoms with Crippen LogP contribution < -0.4 is 0 Å². The fraction of sp³-hybridized carbons (Fsp3) is 1.00. The van der Waals surface area contributed by atoms with Gasteiger partial charge in [-0.05, 0) is 31.6 Å². The molecule has 0 heterocycles. The summed E-state index contributed by atoms with van der Waals surface area (Å²) in [5.74, 6) is 0. The summed E-state index contributed by atoms with van der Waals surface area (Å²) in [5.41, 5.74) is 0.254. The lowest BCUT2D eigenvalue weighted by Crippen LogP contribution is -2.32. The molecule has 0 aromatic carbocycles. The first-order chi connectivity index (χ1) is 7.58. The molecule has 0 N–H and O–H groups in total. The third-order valence-corrected chi connectivity index (χ3v) is 3.32. The Morgan fingerprint density at radius 3 is 2.25 bits per heavy atom. The van der Waals surface area contributed by atoms with Gasteiger partial charge < -0.3 is 9.47 Å². The minimum atomic E-state index is 0.254. The van der Waals surface area contributed by atoms with Crippen molar-refractivity contribution in [3.05, 3.63) is 0 Å². The standard InChI is InChI=1S/C14H30O2/c1-6-9-11-15-12-10-13(16-8-3)14(4,5)7-2/h13H,6-12H2,1-5H3. The predicted octanol–water partition coefficient (Wildman–Crippen LogP) is 4.03. The molecule has 2 nitrogen and oxygen atoms in total. The molecule has 0 saturated carbocycles. The first-order valence-electron chi connectivity index (χ1n) is 6.77. The quantitative estimate of drug-likeness (QED) is 0.527. The average Bonchev–Trinajstić information content (AvgIpc) is 2.27. The van der Waals surface area contributed by atoms with E-state index in [2.05, 4.69) is 34.6 Å². The first kappa shape index (κ1) is 15.9. The topological polar surface area (TPSA) is 18.5 Å². The molecule has 98 valence electrons. The van der Waals surface area contributed by atoms with Crippen LogP contribution in [0, 0.1) is 5.41 Å². The van der Waals surface area contributed by atoms with Crippen molar-refractivity contribution in [2.45, 2.75) is 66.4 Å². The molecule has 0 aliphatic heterocycles. The van der Waals surface area contributed by atoms with Crippen molar-refractivity contribution in [1.82, 2.24) is 0 Å². The Labute approximate surface area is 102 Å². The summed E-state index contributed by atoms with van der Waals surface area (Å²) in [7, 11) is 0. The zero-order valence-corrected chi connectivity index (χ0v) is 11.8. The lowest BCUT2D eigenvalue weighted by molar-refractivity contribution is -0.0417. The van der Waals surface area contributed by atoms with Gasteiger partial charge in [0, 0.05) is 19.8 Å². The average molecular weight is 230 g/mol. The minimum absolute atomic E-state index is 0.254. The molecule has 0 fully saturated rings. The lowest BCUT2D eigenvalue weighted by atomic mass is 9.82. The number of ether oxygens (including phenoxy) is 2. The summed E-state index contributed by atoms with van der Waals surface area (Å²) in [6.45, 7) is 13.5. The van der Waals surface area contributed by atoms with Crippen molar-refractivity contribution in [3.8, 4) is 0 Å². The summed E-state index contributed by atoms with van der Waals surface area (Å²) < 4.78 is 11.4. The molecule has 16 heavy (non-hydrogen) atoms. The molecule has 0 aromatic rings. The normalized spacial score (nSPS) is 14.1. The van der Waals surface area contributed by atoms with Crippen LogP contribution in [0.4, 0.5) is 0 Å². The largest absolute Gasteiger partial charge is 0.381 e. The summed E-state index contributed by atoms with van der Waals surface area (Å²) >= 11 is 0. The van der Waals surface area contributed by atoms with Crippen molar-refractivity contribution in [2.75, 3.05) is 19.8 Å². The Bertz CT molecular complexity index is 155. The van der Waals surface area contributed by atoms with E-state index in [1.165, 1.54) is 6.42 Å². The van der Waals surface area contributed by atoms with Gasteiger partial charge in [0.05, 0.1) is 6.10 Å². The molecule has 0 aliphatic rings. The van der Waals surface area contributed by atoms with Gasteiger partial charge in [0.2, 0.25) is 0 Å². The molecule has 0 aliphatic carbocycles. The van der Waals surface area contributed by atoms with Crippen LogP contribution in [-0.2, 0) is 9.47 Å². The van der Waals surface area contributed by atoms with Crippen molar-refractivity contribution in [1.29, 1.82) is 0 Å². The third kappa shape index (κ3) is 6.49. The number of hydrogen-bond donors (Lipinski definition) is 0. The number of unbranched alkanes of at least 4 members (excludes halogenated alkanes) is 1.